The number of aromatic nitrogens is 2. The Morgan fingerprint density at radius 2 is 1.93 bits per heavy atom. The minimum absolute atomic E-state index is 0.00304. The molecule has 0 radical (unpaired) electrons. The molecule has 0 spiro atoms. The summed E-state index contributed by atoms with van der Waals surface area (Å²) < 4.78 is 29.6. The molecule has 0 aliphatic carbocycles. The molecule has 1 aromatic heterocycles. The predicted molar refractivity (Wildman–Crippen MR) is 108 cm³/mol. The van der Waals surface area contributed by atoms with Gasteiger partial charge in [0, 0.05) is 23.7 Å². The maximum Gasteiger partial charge on any atom is 0.305 e. The van der Waals surface area contributed by atoms with Crippen LogP contribution in [-0.2, 0) is 25.8 Å². The molecule has 0 bridgehead atoms. The zero-order chi connectivity index (χ0) is 21.2. The monoisotopic (exact) mass is 419 g/mol. The average Bonchev–Trinajstić information content (AvgIpc) is 3.17. The van der Waals surface area contributed by atoms with Crippen LogP contribution >= 0.6 is 0 Å². The lowest BCUT2D eigenvalue weighted by Crippen LogP contribution is -2.35. The highest BCUT2D eigenvalue weighted by atomic mass is 32.2. The summed E-state index contributed by atoms with van der Waals surface area (Å²) in [5, 5.41) is 7.34. The number of hydrogen-bond acceptors (Lipinski definition) is 6. The summed E-state index contributed by atoms with van der Waals surface area (Å²) in [6.07, 6.45) is 1.29. The summed E-state index contributed by atoms with van der Waals surface area (Å²) in [5.41, 5.74) is 4.04. The lowest BCUT2D eigenvalue weighted by atomic mass is 10.1. The number of aryl methyl sites for hydroxylation is 1. The summed E-state index contributed by atoms with van der Waals surface area (Å²) in [6.45, 7) is 3.83. The van der Waals surface area contributed by atoms with Gasteiger partial charge in [0.25, 0.3) is 5.91 Å². The average molecular weight is 420 g/mol. The fraction of sp³-hybridized carbons (Fsp3) is 0.450. The van der Waals surface area contributed by atoms with Crippen molar-refractivity contribution in [2.45, 2.75) is 39.2 Å². The Morgan fingerprint density at radius 1 is 1.24 bits per heavy atom. The number of methoxy groups -OCH3 is 1. The number of amides is 1. The number of benzene rings is 1. The Hall–Kier alpha value is -2.68. The number of sulfone groups is 1. The normalized spacial score (nSPS) is 17.8. The van der Waals surface area contributed by atoms with Crippen molar-refractivity contribution in [3.05, 3.63) is 46.8 Å². The lowest BCUT2D eigenvalue weighted by Gasteiger charge is -2.11. The van der Waals surface area contributed by atoms with Gasteiger partial charge >= 0.3 is 5.97 Å². The number of nitrogens with zero attached hydrogens (tertiary/aromatic N) is 2. The molecule has 1 atom stereocenters. The maximum absolute atomic E-state index is 12.4. The van der Waals surface area contributed by atoms with Gasteiger partial charge in [-0.2, -0.15) is 5.10 Å². The summed E-state index contributed by atoms with van der Waals surface area (Å²) in [6, 6.07) is 6.64. The first-order valence-electron chi connectivity index (χ1n) is 9.44. The van der Waals surface area contributed by atoms with Gasteiger partial charge in [0.05, 0.1) is 30.0 Å². The second kappa shape index (κ2) is 8.36. The minimum Gasteiger partial charge on any atom is -0.469 e. The second-order valence-electron chi connectivity index (χ2n) is 7.26. The van der Waals surface area contributed by atoms with E-state index in [1.807, 2.05) is 13.8 Å². The van der Waals surface area contributed by atoms with Crippen molar-refractivity contribution in [3.63, 3.8) is 0 Å². The molecule has 29 heavy (non-hydrogen) atoms. The number of carbonyl (C=O) groups is 2. The highest BCUT2D eigenvalue weighted by Gasteiger charge is 2.29. The van der Waals surface area contributed by atoms with Crippen LogP contribution in [0.15, 0.2) is 24.3 Å². The molecule has 1 aliphatic rings. The smallest absolute Gasteiger partial charge is 0.305 e. The van der Waals surface area contributed by atoms with Crippen LogP contribution in [0.1, 0.15) is 40.2 Å². The van der Waals surface area contributed by atoms with E-state index in [4.69, 9.17) is 4.74 Å². The Kier molecular flexibility index (Phi) is 6.07. The minimum atomic E-state index is -3.04. The first kappa shape index (κ1) is 21.0. The van der Waals surface area contributed by atoms with E-state index in [0.717, 1.165) is 22.6 Å². The molecule has 156 valence electrons. The topological polar surface area (TPSA) is 107 Å². The zero-order valence-electron chi connectivity index (χ0n) is 16.8. The number of esters is 1. The van der Waals surface area contributed by atoms with Crippen LogP contribution in [0.5, 0.6) is 0 Å². The van der Waals surface area contributed by atoms with E-state index >= 15 is 0 Å². The molecule has 1 fully saturated rings. The largest absolute Gasteiger partial charge is 0.469 e. The van der Waals surface area contributed by atoms with Crippen molar-refractivity contribution < 1.29 is 22.7 Å². The SMILES string of the molecule is COC(=O)CCc1c(C)nn(-c2ccc(C(=O)NC3CCS(=O)(=O)C3)cc2)c1C. The van der Waals surface area contributed by atoms with E-state index in [1.54, 1.807) is 28.9 Å². The van der Waals surface area contributed by atoms with Gasteiger partial charge in [-0.3, -0.25) is 9.59 Å². The molecule has 0 saturated carbocycles. The van der Waals surface area contributed by atoms with Gasteiger partial charge in [-0.1, -0.05) is 0 Å². The number of nitrogens with one attached hydrogen (secondary N) is 1. The summed E-state index contributed by atoms with van der Waals surface area (Å²) in [7, 11) is -1.67. The maximum atomic E-state index is 12.4. The first-order valence-corrected chi connectivity index (χ1v) is 11.3. The first-order chi connectivity index (χ1) is 13.7. The summed E-state index contributed by atoms with van der Waals surface area (Å²) >= 11 is 0. The van der Waals surface area contributed by atoms with Gasteiger partial charge in [-0.15, -0.1) is 0 Å². The van der Waals surface area contributed by atoms with Crippen molar-refractivity contribution in [3.8, 4) is 5.69 Å². The van der Waals surface area contributed by atoms with E-state index in [0.29, 0.717) is 24.8 Å². The third-order valence-electron chi connectivity index (χ3n) is 5.19. The van der Waals surface area contributed by atoms with Crippen LogP contribution in [0.4, 0.5) is 0 Å². The Bertz CT molecular complexity index is 1030. The van der Waals surface area contributed by atoms with Gasteiger partial charge in [0.15, 0.2) is 9.84 Å². The van der Waals surface area contributed by atoms with E-state index in [9.17, 15) is 18.0 Å². The zero-order valence-corrected chi connectivity index (χ0v) is 17.6. The van der Waals surface area contributed by atoms with Crippen LogP contribution in [0.3, 0.4) is 0 Å². The number of rotatable bonds is 6. The number of ether oxygens (including phenoxy) is 1. The molecule has 1 amide bonds. The van der Waals surface area contributed by atoms with Gasteiger partial charge < -0.3 is 10.1 Å². The van der Waals surface area contributed by atoms with Gasteiger partial charge in [-0.05, 0) is 56.5 Å². The third-order valence-corrected chi connectivity index (χ3v) is 6.96. The highest BCUT2D eigenvalue weighted by molar-refractivity contribution is 7.91. The van der Waals surface area contributed by atoms with Crippen molar-refractivity contribution in [1.82, 2.24) is 15.1 Å². The molecule has 2 heterocycles. The second-order valence-corrected chi connectivity index (χ2v) is 9.49. The Morgan fingerprint density at radius 3 is 2.52 bits per heavy atom. The molecule has 1 N–H and O–H groups in total. The molecule has 2 aromatic rings. The third kappa shape index (κ3) is 4.84. The van der Waals surface area contributed by atoms with Crippen molar-refractivity contribution in [2.24, 2.45) is 0 Å². The molecule has 1 aromatic carbocycles. The molecular weight excluding hydrogens is 394 g/mol. The molecule has 1 aliphatic heterocycles. The molecular formula is C20H25N3O5S. The molecule has 8 nitrogen and oxygen atoms in total. The quantitative estimate of drug-likeness (QED) is 0.711. The van der Waals surface area contributed by atoms with E-state index in [1.165, 1.54) is 7.11 Å². The van der Waals surface area contributed by atoms with E-state index < -0.39 is 9.84 Å². The fourth-order valence-corrected chi connectivity index (χ4v) is 5.22. The molecule has 1 unspecified atom stereocenters. The van der Waals surface area contributed by atoms with Crippen molar-refractivity contribution >= 4 is 21.7 Å². The van der Waals surface area contributed by atoms with Crippen LogP contribution < -0.4 is 5.32 Å². The Balaban J connectivity index is 1.71. The van der Waals surface area contributed by atoms with Gasteiger partial charge in [-0.25, -0.2) is 13.1 Å². The van der Waals surface area contributed by atoms with Crippen LogP contribution in [0, 0.1) is 13.8 Å². The lowest BCUT2D eigenvalue weighted by molar-refractivity contribution is -0.140. The molecule has 9 heteroatoms. The van der Waals surface area contributed by atoms with E-state index in [-0.39, 0.29) is 29.4 Å². The standard InChI is InChI=1S/C20H25N3O5S/c1-13-18(8-9-19(24)28-3)14(2)23(22-13)17-6-4-15(5-7-17)20(25)21-16-10-11-29(26,27)12-16/h4-7,16H,8-12H2,1-3H3,(H,21,25). The van der Waals surface area contributed by atoms with Crippen LogP contribution in [-0.4, -0.2) is 54.7 Å². The highest BCUT2D eigenvalue weighted by Crippen LogP contribution is 2.20. The van der Waals surface area contributed by atoms with Crippen LogP contribution in [0.25, 0.3) is 5.69 Å². The predicted octanol–water partition coefficient (Wildman–Crippen LogP) is 1.51. The number of carbonyl (C=O) groups excluding carboxylic acids is 2. The number of hydrogen-bond donors (Lipinski definition) is 1. The van der Waals surface area contributed by atoms with Crippen molar-refractivity contribution in [1.29, 1.82) is 0 Å². The summed E-state index contributed by atoms with van der Waals surface area (Å²) in [5.74, 6) is -0.433. The van der Waals surface area contributed by atoms with Crippen LogP contribution in [0.2, 0.25) is 0 Å². The molecule has 1 saturated heterocycles. The summed E-state index contributed by atoms with van der Waals surface area (Å²) in [4.78, 5) is 23.8. The van der Waals surface area contributed by atoms with Gasteiger partial charge in [0.2, 0.25) is 0 Å². The van der Waals surface area contributed by atoms with E-state index in [2.05, 4.69) is 10.4 Å². The molecule has 3 rings (SSSR count). The Labute approximate surface area is 170 Å². The van der Waals surface area contributed by atoms with Crippen molar-refractivity contribution in [2.75, 3.05) is 18.6 Å². The fourth-order valence-electron chi connectivity index (χ4n) is 3.55. The van der Waals surface area contributed by atoms with Gasteiger partial charge in [0.1, 0.15) is 0 Å².